The summed E-state index contributed by atoms with van der Waals surface area (Å²) in [7, 11) is 0. The molecule has 112 valence electrons. The maximum atomic E-state index is 6.23. The standard InChI is InChI=1S/C17H20Cl2N2/c1-11(2)12-6-8-13(9-7-12)17(21-20)10-14-15(18)4-3-5-16(14)19/h3-9,11,17,21H,10,20H2,1-2H3. The molecule has 2 rings (SSSR count). The minimum absolute atomic E-state index is 0.0244. The van der Waals surface area contributed by atoms with Gasteiger partial charge < -0.3 is 0 Å². The lowest BCUT2D eigenvalue weighted by Gasteiger charge is -2.19. The van der Waals surface area contributed by atoms with Gasteiger partial charge in [0.15, 0.2) is 0 Å². The fourth-order valence-corrected chi connectivity index (χ4v) is 2.87. The molecule has 2 aromatic carbocycles. The van der Waals surface area contributed by atoms with Gasteiger partial charge in [-0.1, -0.05) is 67.4 Å². The Hall–Kier alpha value is -1.06. The highest BCUT2D eigenvalue weighted by atomic mass is 35.5. The largest absolute Gasteiger partial charge is 0.271 e. The number of hydrazine groups is 1. The van der Waals surface area contributed by atoms with Crippen molar-refractivity contribution in [2.45, 2.75) is 32.2 Å². The van der Waals surface area contributed by atoms with Crippen LogP contribution in [0.1, 0.15) is 42.5 Å². The number of nitrogens with two attached hydrogens (primary N) is 1. The fraction of sp³-hybridized carbons (Fsp3) is 0.294. The third-order valence-corrected chi connectivity index (χ3v) is 4.38. The van der Waals surface area contributed by atoms with Gasteiger partial charge in [0.2, 0.25) is 0 Å². The lowest BCUT2D eigenvalue weighted by Crippen LogP contribution is -2.29. The van der Waals surface area contributed by atoms with Crippen LogP contribution in [0.2, 0.25) is 10.0 Å². The Balaban J connectivity index is 2.24. The van der Waals surface area contributed by atoms with Crippen molar-refractivity contribution in [1.29, 1.82) is 0 Å². The molecule has 2 aromatic rings. The first-order valence-corrected chi connectivity index (χ1v) is 7.77. The van der Waals surface area contributed by atoms with Crippen molar-refractivity contribution < 1.29 is 0 Å². The number of hydrogen-bond donors (Lipinski definition) is 2. The van der Waals surface area contributed by atoms with Crippen LogP contribution in [0.4, 0.5) is 0 Å². The van der Waals surface area contributed by atoms with Crippen LogP contribution in [0.15, 0.2) is 42.5 Å². The van der Waals surface area contributed by atoms with E-state index in [4.69, 9.17) is 29.0 Å². The second-order valence-electron chi connectivity index (χ2n) is 5.44. The Labute approximate surface area is 136 Å². The molecule has 0 radical (unpaired) electrons. The minimum Gasteiger partial charge on any atom is -0.271 e. The Morgan fingerprint density at radius 1 is 0.952 bits per heavy atom. The first-order chi connectivity index (χ1) is 10.0. The first-order valence-electron chi connectivity index (χ1n) is 7.01. The zero-order valence-electron chi connectivity index (χ0n) is 12.2. The molecule has 2 nitrogen and oxygen atoms in total. The maximum Gasteiger partial charge on any atom is 0.0501 e. The molecule has 21 heavy (non-hydrogen) atoms. The quantitative estimate of drug-likeness (QED) is 0.609. The van der Waals surface area contributed by atoms with Crippen LogP contribution in [-0.2, 0) is 6.42 Å². The van der Waals surface area contributed by atoms with Gasteiger partial charge in [-0.2, -0.15) is 0 Å². The zero-order chi connectivity index (χ0) is 15.4. The highest BCUT2D eigenvalue weighted by Crippen LogP contribution is 2.29. The van der Waals surface area contributed by atoms with E-state index in [0.29, 0.717) is 22.4 Å². The van der Waals surface area contributed by atoms with Crippen molar-refractivity contribution in [2.24, 2.45) is 5.84 Å². The molecule has 0 bridgehead atoms. The van der Waals surface area contributed by atoms with Gasteiger partial charge in [-0.25, -0.2) is 0 Å². The second-order valence-corrected chi connectivity index (χ2v) is 6.26. The Kier molecular flexibility index (Phi) is 5.65. The van der Waals surface area contributed by atoms with E-state index in [1.54, 1.807) is 0 Å². The van der Waals surface area contributed by atoms with Gasteiger partial charge in [0, 0.05) is 10.0 Å². The number of benzene rings is 2. The van der Waals surface area contributed by atoms with Gasteiger partial charge in [-0.15, -0.1) is 0 Å². The molecular weight excluding hydrogens is 303 g/mol. The Bertz CT molecular complexity index is 574. The SMILES string of the molecule is CC(C)c1ccc(C(Cc2c(Cl)cccc2Cl)NN)cc1. The van der Waals surface area contributed by atoms with E-state index in [0.717, 1.165) is 11.1 Å². The third-order valence-electron chi connectivity index (χ3n) is 3.68. The van der Waals surface area contributed by atoms with Gasteiger partial charge in [-0.05, 0) is 41.2 Å². The molecule has 0 spiro atoms. The predicted octanol–water partition coefficient (Wildman–Crippen LogP) is 4.86. The predicted molar refractivity (Wildman–Crippen MR) is 90.8 cm³/mol. The van der Waals surface area contributed by atoms with Crippen LogP contribution in [0.5, 0.6) is 0 Å². The summed E-state index contributed by atoms with van der Waals surface area (Å²) in [6.45, 7) is 4.36. The maximum absolute atomic E-state index is 6.23. The van der Waals surface area contributed by atoms with E-state index < -0.39 is 0 Å². The smallest absolute Gasteiger partial charge is 0.0501 e. The molecule has 1 atom stereocenters. The molecule has 0 saturated heterocycles. The van der Waals surface area contributed by atoms with Crippen LogP contribution in [-0.4, -0.2) is 0 Å². The molecule has 0 saturated carbocycles. The van der Waals surface area contributed by atoms with Crippen molar-refractivity contribution in [3.05, 3.63) is 69.2 Å². The summed E-state index contributed by atoms with van der Waals surface area (Å²) in [6, 6.07) is 14.0. The van der Waals surface area contributed by atoms with E-state index in [-0.39, 0.29) is 6.04 Å². The summed E-state index contributed by atoms with van der Waals surface area (Å²) < 4.78 is 0. The van der Waals surface area contributed by atoms with Crippen molar-refractivity contribution in [1.82, 2.24) is 5.43 Å². The monoisotopic (exact) mass is 322 g/mol. The van der Waals surface area contributed by atoms with Crippen molar-refractivity contribution in [2.75, 3.05) is 0 Å². The summed E-state index contributed by atoms with van der Waals surface area (Å²) in [5.74, 6) is 6.23. The van der Waals surface area contributed by atoms with Crippen LogP contribution in [0, 0.1) is 0 Å². The molecule has 0 aliphatic carbocycles. The zero-order valence-corrected chi connectivity index (χ0v) is 13.7. The van der Waals surface area contributed by atoms with Crippen molar-refractivity contribution >= 4 is 23.2 Å². The van der Waals surface area contributed by atoms with Crippen LogP contribution >= 0.6 is 23.2 Å². The van der Waals surface area contributed by atoms with Crippen LogP contribution < -0.4 is 11.3 Å². The molecule has 0 aliphatic rings. The molecule has 0 heterocycles. The topological polar surface area (TPSA) is 38.0 Å². The summed E-state index contributed by atoms with van der Waals surface area (Å²) >= 11 is 12.5. The van der Waals surface area contributed by atoms with Gasteiger partial charge >= 0.3 is 0 Å². The van der Waals surface area contributed by atoms with Crippen LogP contribution in [0.25, 0.3) is 0 Å². The van der Waals surface area contributed by atoms with E-state index in [1.165, 1.54) is 5.56 Å². The van der Waals surface area contributed by atoms with E-state index in [1.807, 2.05) is 18.2 Å². The average molecular weight is 323 g/mol. The molecule has 1 unspecified atom stereocenters. The molecule has 4 heteroatoms. The normalized spacial score (nSPS) is 12.7. The third kappa shape index (κ3) is 3.98. The number of hydrogen-bond acceptors (Lipinski definition) is 2. The summed E-state index contributed by atoms with van der Waals surface area (Å²) in [5.41, 5.74) is 6.20. The molecule has 3 N–H and O–H groups in total. The number of rotatable bonds is 5. The Morgan fingerprint density at radius 3 is 1.95 bits per heavy atom. The summed E-state index contributed by atoms with van der Waals surface area (Å²) in [4.78, 5) is 0. The van der Waals surface area contributed by atoms with E-state index in [2.05, 4.69) is 43.5 Å². The highest BCUT2D eigenvalue weighted by Gasteiger charge is 2.15. The van der Waals surface area contributed by atoms with Gasteiger partial charge in [0.25, 0.3) is 0 Å². The van der Waals surface area contributed by atoms with Gasteiger partial charge in [0.05, 0.1) is 6.04 Å². The highest BCUT2D eigenvalue weighted by molar-refractivity contribution is 6.36. The molecular formula is C17H20Cl2N2. The lowest BCUT2D eigenvalue weighted by molar-refractivity contribution is 0.552. The Morgan fingerprint density at radius 2 is 1.48 bits per heavy atom. The van der Waals surface area contributed by atoms with E-state index in [9.17, 15) is 0 Å². The second kappa shape index (κ2) is 7.28. The number of halogens is 2. The molecule has 0 aromatic heterocycles. The van der Waals surface area contributed by atoms with Gasteiger partial charge in [0.1, 0.15) is 0 Å². The minimum atomic E-state index is -0.0244. The summed E-state index contributed by atoms with van der Waals surface area (Å²) in [5, 5.41) is 1.34. The molecule has 0 fully saturated rings. The van der Waals surface area contributed by atoms with Crippen molar-refractivity contribution in [3.63, 3.8) is 0 Å². The number of nitrogens with one attached hydrogen (secondary N) is 1. The fourth-order valence-electron chi connectivity index (χ4n) is 2.32. The summed E-state index contributed by atoms with van der Waals surface area (Å²) in [6.07, 6.45) is 0.649. The molecule has 0 aliphatic heterocycles. The van der Waals surface area contributed by atoms with E-state index >= 15 is 0 Å². The van der Waals surface area contributed by atoms with Gasteiger partial charge in [-0.3, -0.25) is 11.3 Å². The molecule has 0 amide bonds. The average Bonchev–Trinajstić information content (AvgIpc) is 2.47. The lowest BCUT2D eigenvalue weighted by atomic mass is 9.96. The van der Waals surface area contributed by atoms with Crippen molar-refractivity contribution in [3.8, 4) is 0 Å². The van der Waals surface area contributed by atoms with Crippen LogP contribution in [0.3, 0.4) is 0 Å². The first kappa shape index (κ1) is 16.3.